The van der Waals surface area contributed by atoms with E-state index >= 15 is 0 Å². The maximum atomic E-state index is 12.3. The van der Waals surface area contributed by atoms with Crippen LogP contribution in [0.5, 0.6) is 5.75 Å². The van der Waals surface area contributed by atoms with Crippen molar-refractivity contribution in [3.63, 3.8) is 0 Å². The smallest absolute Gasteiger partial charge is 0.343 e. The molecule has 0 spiro atoms. The third-order valence-corrected chi connectivity index (χ3v) is 3.43. The van der Waals surface area contributed by atoms with Crippen molar-refractivity contribution in [3.8, 4) is 5.75 Å². The Morgan fingerprint density at radius 1 is 1.32 bits per heavy atom. The van der Waals surface area contributed by atoms with Crippen molar-refractivity contribution in [3.05, 3.63) is 29.8 Å². The summed E-state index contributed by atoms with van der Waals surface area (Å²) in [4.78, 5) is 12.3. The number of carbonyl (C=O) groups is 1. The van der Waals surface area contributed by atoms with Gasteiger partial charge in [0.05, 0.1) is 13.7 Å². The Labute approximate surface area is 113 Å². The number of esters is 1. The molecular formula is C15H20O4. The van der Waals surface area contributed by atoms with Crippen LogP contribution in [0.2, 0.25) is 0 Å². The van der Waals surface area contributed by atoms with Gasteiger partial charge in [0, 0.05) is 6.61 Å². The molecule has 0 aliphatic carbocycles. The second-order valence-electron chi connectivity index (χ2n) is 4.58. The van der Waals surface area contributed by atoms with Crippen LogP contribution in [0.1, 0.15) is 31.7 Å². The van der Waals surface area contributed by atoms with Crippen LogP contribution in [-0.4, -0.2) is 26.3 Å². The van der Waals surface area contributed by atoms with Crippen molar-refractivity contribution in [2.24, 2.45) is 0 Å². The Morgan fingerprint density at radius 3 is 2.58 bits per heavy atom. The molecule has 4 nitrogen and oxygen atoms in total. The van der Waals surface area contributed by atoms with Crippen molar-refractivity contribution in [2.75, 3.05) is 20.3 Å². The molecule has 19 heavy (non-hydrogen) atoms. The van der Waals surface area contributed by atoms with E-state index in [1.807, 2.05) is 31.2 Å². The Morgan fingerprint density at radius 2 is 2.05 bits per heavy atom. The summed E-state index contributed by atoms with van der Waals surface area (Å²) in [5.74, 6) is 0.471. The molecule has 0 N–H and O–H groups in total. The molecule has 104 valence electrons. The molecule has 4 heteroatoms. The summed E-state index contributed by atoms with van der Waals surface area (Å²) >= 11 is 0. The summed E-state index contributed by atoms with van der Waals surface area (Å²) in [5.41, 5.74) is -0.105. The van der Waals surface area contributed by atoms with Crippen LogP contribution < -0.4 is 4.74 Å². The van der Waals surface area contributed by atoms with Crippen LogP contribution in [-0.2, 0) is 19.9 Å². The van der Waals surface area contributed by atoms with E-state index in [9.17, 15) is 4.79 Å². The molecule has 0 saturated carbocycles. The summed E-state index contributed by atoms with van der Waals surface area (Å²) in [7, 11) is 1.62. The third kappa shape index (κ3) is 2.73. The molecule has 1 heterocycles. The van der Waals surface area contributed by atoms with E-state index < -0.39 is 5.60 Å². The normalized spacial score (nSPS) is 22.8. The maximum Gasteiger partial charge on any atom is 0.343 e. The van der Waals surface area contributed by atoms with Gasteiger partial charge in [-0.05, 0) is 43.9 Å². The van der Waals surface area contributed by atoms with Gasteiger partial charge in [0.2, 0.25) is 0 Å². The predicted molar refractivity (Wildman–Crippen MR) is 71.1 cm³/mol. The molecule has 0 bridgehead atoms. The minimum Gasteiger partial charge on any atom is -0.497 e. The summed E-state index contributed by atoms with van der Waals surface area (Å²) in [6.07, 6.45) is 2.61. The first-order valence-corrected chi connectivity index (χ1v) is 6.68. The number of carbonyl (C=O) groups excluding carboxylic acids is 1. The van der Waals surface area contributed by atoms with Gasteiger partial charge in [-0.25, -0.2) is 4.79 Å². The first kappa shape index (κ1) is 13.9. The lowest BCUT2D eigenvalue weighted by molar-refractivity contribution is -0.180. The fourth-order valence-corrected chi connectivity index (χ4v) is 2.41. The van der Waals surface area contributed by atoms with E-state index in [0.29, 0.717) is 19.6 Å². The van der Waals surface area contributed by atoms with E-state index in [-0.39, 0.29) is 5.97 Å². The standard InChI is InChI=1S/C15H20O4/c1-3-18-14(16)15(10-4-5-11-19-15)12-6-8-13(17-2)9-7-12/h6-9H,3-5,10-11H2,1-2H3. The average Bonchev–Trinajstić information content (AvgIpc) is 2.48. The summed E-state index contributed by atoms with van der Waals surface area (Å²) < 4.78 is 16.2. The molecule has 1 aliphatic heterocycles. The summed E-state index contributed by atoms with van der Waals surface area (Å²) in [6, 6.07) is 7.44. The van der Waals surface area contributed by atoms with Gasteiger partial charge in [-0.15, -0.1) is 0 Å². The highest BCUT2D eigenvalue weighted by atomic mass is 16.6. The van der Waals surface area contributed by atoms with Crippen molar-refractivity contribution in [1.82, 2.24) is 0 Å². The number of hydrogen-bond acceptors (Lipinski definition) is 4. The van der Waals surface area contributed by atoms with Gasteiger partial charge in [-0.2, -0.15) is 0 Å². The van der Waals surface area contributed by atoms with E-state index in [1.165, 1.54) is 0 Å². The Hall–Kier alpha value is -1.55. The average molecular weight is 264 g/mol. The molecule has 1 atom stereocenters. The van der Waals surface area contributed by atoms with E-state index in [4.69, 9.17) is 14.2 Å². The van der Waals surface area contributed by atoms with Crippen LogP contribution in [0.3, 0.4) is 0 Å². The molecule has 1 fully saturated rings. The zero-order valence-corrected chi connectivity index (χ0v) is 11.5. The SMILES string of the molecule is CCOC(=O)C1(c2ccc(OC)cc2)CCCCO1. The molecule has 0 aromatic heterocycles. The minimum absolute atomic E-state index is 0.292. The van der Waals surface area contributed by atoms with Gasteiger partial charge in [-0.1, -0.05) is 12.1 Å². The number of methoxy groups -OCH3 is 1. The Balaban J connectivity index is 2.32. The van der Waals surface area contributed by atoms with E-state index in [2.05, 4.69) is 0 Å². The quantitative estimate of drug-likeness (QED) is 0.784. The molecule has 0 amide bonds. The lowest BCUT2D eigenvalue weighted by atomic mass is 9.86. The first-order valence-electron chi connectivity index (χ1n) is 6.68. The highest BCUT2D eigenvalue weighted by Crippen LogP contribution is 2.37. The van der Waals surface area contributed by atoms with Gasteiger partial charge < -0.3 is 14.2 Å². The molecule has 1 aromatic carbocycles. The van der Waals surface area contributed by atoms with Crippen LogP contribution in [0.15, 0.2) is 24.3 Å². The monoisotopic (exact) mass is 264 g/mol. The molecular weight excluding hydrogens is 244 g/mol. The number of ether oxygens (including phenoxy) is 3. The molecule has 1 saturated heterocycles. The van der Waals surface area contributed by atoms with Gasteiger partial charge in [0.15, 0.2) is 5.60 Å². The second kappa shape index (κ2) is 6.06. The fraction of sp³-hybridized carbons (Fsp3) is 0.533. The van der Waals surface area contributed by atoms with Crippen LogP contribution in [0, 0.1) is 0 Å². The van der Waals surface area contributed by atoms with Gasteiger partial charge >= 0.3 is 5.97 Å². The van der Waals surface area contributed by atoms with Crippen LogP contribution >= 0.6 is 0 Å². The topological polar surface area (TPSA) is 44.8 Å². The molecule has 1 unspecified atom stereocenters. The van der Waals surface area contributed by atoms with Crippen molar-refractivity contribution >= 4 is 5.97 Å². The van der Waals surface area contributed by atoms with Gasteiger partial charge in [-0.3, -0.25) is 0 Å². The van der Waals surface area contributed by atoms with E-state index in [1.54, 1.807) is 7.11 Å². The lowest BCUT2D eigenvalue weighted by Gasteiger charge is -2.35. The highest BCUT2D eigenvalue weighted by Gasteiger charge is 2.44. The minimum atomic E-state index is -0.944. The van der Waals surface area contributed by atoms with Crippen molar-refractivity contribution in [2.45, 2.75) is 31.8 Å². The highest BCUT2D eigenvalue weighted by molar-refractivity contribution is 5.81. The van der Waals surface area contributed by atoms with Gasteiger partial charge in [0.1, 0.15) is 5.75 Å². The third-order valence-electron chi connectivity index (χ3n) is 3.43. The molecule has 0 radical (unpaired) electrons. The van der Waals surface area contributed by atoms with Crippen LogP contribution in [0.4, 0.5) is 0 Å². The number of benzene rings is 1. The van der Waals surface area contributed by atoms with Crippen molar-refractivity contribution in [1.29, 1.82) is 0 Å². The second-order valence-corrected chi connectivity index (χ2v) is 4.58. The van der Waals surface area contributed by atoms with Gasteiger partial charge in [0.25, 0.3) is 0 Å². The zero-order valence-electron chi connectivity index (χ0n) is 11.5. The molecule has 1 aromatic rings. The van der Waals surface area contributed by atoms with Crippen LogP contribution in [0.25, 0.3) is 0 Å². The first-order chi connectivity index (χ1) is 9.23. The molecule has 2 rings (SSSR count). The lowest BCUT2D eigenvalue weighted by Crippen LogP contribution is -2.42. The summed E-state index contributed by atoms with van der Waals surface area (Å²) in [5, 5.41) is 0. The maximum absolute atomic E-state index is 12.3. The summed E-state index contributed by atoms with van der Waals surface area (Å²) in [6.45, 7) is 2.76. The zero-order chi connectivity index (χ0) is 13.7. The molecule has 1 aliphatic rings. The Bertz CT molecular complexity index is 418. The largest absolute Gasteiger partial charge is 0.497 e. The predicted octanol–water partition coefficient (Wildman–Crippen LogP) is 2.65. The fourth-order valence-electron chi connectivity index (χ4n) is 2.41. The van der Waals surface area contributed by atoms with E-state index in [0.717, 1.165) is 24.2 Å². The Kier molecular flexibility index (Phi) is 4.43. The number of rotatable bonds is 4. The number of hydrogen-bond donors (Lipinski definition) is 0. The van der Waals surface area contributed by atoms with Crippen molar-refractivity contribution < 1.29 is 19.0 Å².